The first-order valence-electron chi connectivity index (χ1n) is 13.8. The Kier molecular flexibility index (Phi) is 8.86. The number of aromatic nitrogens is 1. The molecule has 0 atom stereocenters. The molecule has 0 radical (unpaired) electrons. The number of methoxy groups -OCH3 is 1. The van der Waals surface area contributed by atoms with Crippen molar-refractivity contribution in [3.05, 3.63) is 182 Å². The second-order valence-electron chi connectivity index (χ2n) is 9.90. The molecule has 3 heteroatoms. The van der Waals surface area contributed by atoms with Gasteiger partial charge in [-0.3, -0.25) is 0 Å². The van der Waals surface area contributed by atoms with Crippen LogP contribution in [0.25, 0.3) is 0 Å². The molecule has 0 aliphatic rings. The third-order valence-corrected chi connectivity index (χ3v) is 7.50. The molecule has 0 fully saturated rings. The monoisotopic (exact) mass is 519 g/mol. The first-order chi connectivity index (χ1) is 19.8. The fourth-order valence-corrected chi connectivity index (χ4v) is 5.60. The van der Waals surface area contributed by atoms with Crippen molar-refractivity contribution in [2.45, 2.75) is 6.54 Å². The summed E-state index contributed by atoms with van der Waals surface area (Å²) >= 11 is 0. The van der Waals surface area contributed by atoms with Gasteiger partial charge in [0.05, 0.1) is 7.11 Å². The number of nitrogens with zero attached hydrogens (tertiary/aromatic N) is 1. The molecule has 0 saturated heterocycles. The molecule has 0 aliphatic heterocycles. The maximum Gasteiger partial charge on any atom is 0.173 e. The maximum atomic E-state index is 5.11. The third-order valence-electron chi connectivity index (χ3n) is 7.50. The van der Waals surface area contributed by atoms with Crippen molar-refractivity contribution >= 4 is 28.0 Å². The second kappa shape index (κ2) is 13.3. The van der Waals surface area contributed by atoms with E-state index in [-0.39, 0.29) is 0 Å². The molecule has 0 spiro atoms. The third kappa shape index (κ3) is 6.05. The van der Waals surface area contributed by atoms with Gasteiger partial charge in [0, 0.05) is 17.7 Å². The molecule has 0 unspecified atom stereocenters. The van der Waals surface area contributed by atoms with E-state index in [4.69, 9.17) is 4.74 Å². The van der Waals surface area contributed by atoms with Crippen LogP contribution < -0.4 is 31.2 Å². The number of benzene rings is 5. The van der Waals surface area contributed by atoms with Crippen LogP contribution in [0.1, 0.15) is 5.56 Å². The maximum absolute atomic E-state index is 5.11. The van der Waals surface area contributed by atoms with Gasteiger partial charge in [-0.25, -0.2) is 4.57 Å². The minimum atomic E-state index is -1.22. The highest BCUT2D eigenvalue weighted by Gasteiger charge is 2.31. The van der Waals surface area contributed by atoms with E-state index in [2.05, 4.69) is 150 Å². The minimum absolute atomic E-state index is 0.894. The summed E-state index contributed by atoms with van der Waals surface area (Å²) in [5.41, 5.74) is 6.63. The summed E-state index contributed by atoms with van der Waals surface area (Å²) in [6.07, 6.45) is 2.90. The van der Waals surface area contributed by atoms with Crippen molar-refractivity contribution < 1.29 is 9.30 Å². The number of hydrogen-bond acceptors (Lipinski definition) is 1. The van der Waals surface area contributed by atoms with Crippen LogP contribution in [0, 0.1) is 0 Å². The molecule has 6 aromatic rings. The first-order valence-corrected chi connectivity index (χ1v) is 13.8. The van der Waals surface area contributed by atoms with Crippen LogP contribution in [0.5, 0.6) is 5.75 Å². The van der Waals surface area contributed by atoms with Gasteiger partial charge < -0.3 is 4.74 Å². The topological polar surface area (TPSA) is 13.1 Å². The lowest BCUT2D eigenvalue weighted by Gasteiger charge is -2.44. The Balaban J connectivity index is 0.000000184. The van der Waals surface area contributed by atoms with Crippen molar-refractivity contribution in [1.82, 2.24) is 0 Å². The quantitative estimate of drug-likeness (QED) is 0.212. The van der Waals surface area contributed by atoms with Crippen molar-refractivity contribution in [3.63, 3.8) is 0 Å². The van der Waals surface area contributed by atoms with Gasteiger partial charge >= 0.3 is 0 Å². The van der Waals surface area contributed by atoms with Crippen molar-refractivity contribution in [2.75, 3.05) is 7.11 Å². The zero-order chi connectivity index (χ0) is 27.5. The molecule has 0 N–H and O–H groups in total. The predicted octanol–water partition coefficient (Wildman–Crippen LogP) is 5.10. The van der Waals surface area contributed by atoms with Crippen LogP contribution in [0.2, 0.25) is 0 Å². The van der Waals surface area contributed by atoms with Crippen molar-refractivity contribution in [1.29, 1.82) is 0 Å². The molecular formula is C37H34BNO. The Morgan fingerprint density at radius 2 is 0.800 bits per heavy atom. The first kappa shape index (κ1) is 26.7. The van der Waals surface area contributed by atoms with E-state index in [9.17, 15) is 0 Å². The molecule has 196 valence electrons. The largest absolute Gasteiger partial charge is 0.497 e. The molecule has 1 aromatic heterocycles. The molecular weight excluding hydrogens is 485 g/mol. The lowest BCUT2D eigenvalue weighted by atomic mass is 9.13. The van der Waals surface area contributed by atoms with Crippen LogP contribution >= 0.6 is 0 Å². The number of rotatable bonds is 7. The highest BCUT2D eigenvalue weighted by molar-refractivity contribution is 7.19. The minimum Gasteiger partial charge on any atom is -0.497 e. The lowest BCUT2D eigenvalue weighted by molar-refractivity contribution is -0.688. The SMILES string of the molecule is COc1ccc(C[n+]2ccccc2)cc1.c1ccc([B-](c2ccccc2)(c2ccccc2)c2ccccc2)cc1. The van der Waals surface area contributed by atoms with Gasteiger partial charge in [-0.15, -0.1) is 0 Å². The van der Waals surface area contributed by atoms with Gasteiger partial charge in [-0.05, 0) is 24.3 Å². The van der Waals surface area contributed by atoms with Crippen LogP contribution in [0.4, 0.5) is 0 Å². The average Bonchev–Trinajstić information content (AvgIpc) is 3.05. The van der Waals surface area contributed by atoms with Gasteiger partial charge in [0.1, 0.15) is 11.9 Å². The summed E-state index contributed by atoms with van der Waals surface area (Å²) in [5, 5.41) is 0. The molecule has 1 heterocycles. The summed E-state index contributed by atoms with van der Waals surface area (Å²) in [7, 11) is 1.68. The van der Waals surface area contributed by atoms with E-state index in [1.165, 1.54) is 27.4 Å². The zero-order valence-electron chi connectivity index (χ0n) is 22.9. The van der Waals surface area contributed by atoms with Crippen LogP contribution in [-0.4, -0.2) is 13.3 Å². The van der Waals surface area contributed by atoms with E-state index in [1.54, 1.807) is 7.11 Å². The Morgan fingerprint density at radius 1 is 0.450 bits per heavy atom. The Hall–Kier alpha value is -4.89. The van der Waals surface area contributed by atoms with E-state index < -0.39 is 6.15 Å². The summed E-state index contributed by atoms with van der Waals surface area (Å²) in [6.45, 7) is 0.894. The average molecular weight is 519 g/mol. The Morgan fingerprint density at radius 3 is 1.15 bits per heavy atom. The van der Waals surface area contributed by atoms with Crippen molar-refractivity contribution in [3.8, 4) is 5.75 Å². The second-order valence-corrected chi connectivity index (χ2v) is 9.90. The van der Waals surface area contributed by atoms with Gasteiger partial charge in [-0.1, -0.05) is 127 Å². The predicted molar refractivity (Wildman–Crippen MR) is 169 cm³/mol. The fraction of sp³-hybridized carbons (Fsp3) is 0.0541. The normalized spacial score (nSPS) is 10.7. The van der Waals surface area contributed by atoms with E-state index in [0.29, 0.717) is 0 Å². The molecule has 0 amide bonds. The smallest absolute Gasteiger partial charge is 0.173 e. The molecule has 2 nitrogen and oxygen atoms in total. The van der Waals surface area contributed by atoms with Gasteiger partial charge in [0.25, 0.3) is 0 Å². The number of pyridine rings is 1. The Labute approximate surface area is 238 Å². The molecule has 40 heavy (non-hydrogen) atoms. The van der Waals surface area contributed by atoms with Gasteiger partial charge in [0.15, 0.2) is 18.9 Å². The molecule has 0 saturated carbocycles. The van der Waals surface area contributed by atoms with E-state index in [1.807, 2.05) is 30.3 Å². The molecule has 0 aliphatic carbocycles. The standard InChI is InChI=1S/C24H20B.C13H14NO/c1-5-13-21(14-6-1)25(22-15-7-2-8-16-22,23-17-9-3-10-18-23)24-19-11-4-12-20-24;1-15-13-7-5-12(6-8-13)11-14-9-3-2-4-10-14/h1-20H;2-10H,11H2,1H3/q-1;+1. The summed E-state index contributed by atoms with van der Waals surface area (Å²) in [4.78, 5) is 0. The number of hydrogen-bond donors (Lipinski definition) is 0. The van der Waals surface area contributed by atoms with Crippen LogP contribution in [0.15, 0.2) is 176 Å². The van der Waals surface area contributed by atoms with E-state index in [0.717, 1.165) is 12.3 Å². The van der Waals surface area contributed by atoms with Gasteiger partial charge in [-0.2, -0.15) is 21.9 Å². The number of ether oxygens (including phenoxy) is 1. The highest BCUT2D eigenvalue weighted by atomic mass is 16.5. The zero-order valence-corrected chi connectivity index (χ0v) is 22.9. The highest BCUT2D eigenvalue weighted by Crippen LogP contribution is 2.11. The lowest BCUT2D eigenvalue weighted by Crippen LogP contribution is -2.74. The van der Waals surface area contributed by atoms with E-state index >= 15 is 0 Å². The summed E-state index contributed by atoms with van der Waals surface area (Å²) < 4.78 is 7.25. The molecule has 6 rings (SSSR count). The van der Waals surface area contributed by atoms with Gasteiger partial charge in [0.2, 0.25) is 0 Å². The summed E-state index contributed by atoms with van der Waals surface area (Å²) in [5.74, 6) is 0.900. The van der Waals surface area contributed by atoms with Crippen LogP contribution in [-0.2, 0) is 6.54 Å². The summed E-state index contributed by atoms with van der Waals surface area (Å²) in [6, 6.07) is 57.7. The van der Waals surface area contributed by atoms with Crippen LogP contribution in [0.3, 0.4) is 0 Å². The molecule has 5 aromatic carbocycles. The molecule has 0 bridgehead atoms. The Bertz CT molecular complexity index is 1390. The van der Waals surface area contributed by atoms with Crippen molar-refractivity contribution in [2.24, 2.45) is 0 Å². The fourth-order valence-electron chi connectivity index (χ4n) is 5.60.